The van der Waals surface area contributed by atoms with Gasteiger partial charge in [-0.2, -0.15) is 0 Å². The minimum absolute atomic E-state index is 0.0495. The summed E-state index contributed by atoms with van der Waals surface area (Å²) < 4.78 is 0. The highest BCUT2D eigenvalue weighted by molar-refractivity contribution is 5.92. The highest BCUT2D eigenvalue weighted by Crippen LogP contribution is 2.41. The van der Waals surface area contributed by atoms with E-state index < -0.39 is 0 Å². The van der Waals surface area contributed by atoms with E-state index >= 15 is 0 Å². The Morgan fingerprint density at radius 2 is 2.29 bits per heavy atom. The van der Waals surface area contributed by atoms with Crippen LogP contribution in [-0.4, -0.2) is 70.1 Å². The zero-order chi connectivity index (χ0) is 14.9. The molecule has 0 bridgehead atoms. The van der Waals surface area contributed by atoms with Gasteiger partial charge in [-0.15, -0.1) is 0 Å². The maximum atomic E-state index is 12.5. The molecule has 1 aromatic rings. The molecule has 6 heteroatoms. The fraction of sp³-hybridized carbons (Fsp3) is 0.667. The van der Waals surface area contributed by atoms with Crippen LogP contribution in [0.4, 0.5) is 0 Å². The number of piperidine rings is 2. The lowest BCUT2D eigenvalue weighted by molar-refractivity contribution is -0.0602. The van der Waals surface area contributed by atoms with Crippen LogP contribution in [0.3, 0.4) is 0 Å². The molecular formula is C15H22N4O2. The van der Waals surface area contributed by atoms with Crippen molar-refractivity contribution in [1.29, 1.82) is 0 Å². The van der Waals surface area contributed by atoms with E-state index in [1.54, 1.807) is 12.4 Å². The van der Waals surface area contributed by atoms with Crippen molar-refractivity contribution in [3.63, 3.8) is 0 Å². The average molecular weight is 290 g/mol. The number of aliphatic hydroxyl groups is 1. The number of likely N-dealkylation sites (tertiary alicyclic amines) is 2. The van der Waals surface area contributed by atoms with Crippen LogP contribution in [0.5, 0.6) is 0 Å². The smallest absolute Gasteiger partial charge is 0.274 e. The number of carbonyl (C=O) groups is 1. The predicted molar refractivity (Wildman–Crippen MR) is 77.7 cm³/mol. The molecule has 2 saturated heterocycles. The number of aromatic nitrogens is 2. The van der Waals surface area contributed by atoms with E-state index in [2.05, 4.69) is 21.9 Å². The Morgan fingerprint density at radius 1 is 1.43 bits per heavy atom. The third-order valence-electron chi connectivity index (χ3n) is 5.08. The number of amides is 1. The quantitative estimate of drug-likeness (QED) is 0.853. The monoisotopic (exact) mass is 290 g/mol. The largest absolute Gasteiger partial charge is 0.396 e. The summed E-state index contributed by atoms with van der Waals surface area (Å²) >= 11 is 0. The Hall–Kier alpha value is -1.53. The van der Waals surface area contributed by atoms with E-state index in [0.717, 1.165) is 25.8 Å². The number of nitrogens with zero attached hydrogens (tertiary/aromatic N) is 4. The zero-order valence-electron chi connectivity index (χ0n) is 12.4. The van der Waals surface area contributed by atoms with E-state index in [4.69, 9.17) is 0 Å². The molecule has 21 heavy (non-hydrogen) atoms. The SMILES string of the molecule is CN1CCC[C@]2(CO)CCN(C(=O)c3cnccn3)C[C@@H]12. The van der Waals surface area contributed by atoms with Crippen LogP contribution in [0, 0.1) is 5.41 Å². The molecule has 2 aliphatic heterocycles. The van der Waals surface area contributed by atoms with Crippen LogP contribution in [0.2, 0.25) is 0 Å². The fourth-order valence-electron chi connectivity index (χ4n) is 3.77. The van der Waals surface area contributed by atoms with Crippen LogP contribution in [0.25, 0.3) is 0 Å². The topological polar surface area (TPSA) is 69.6 Å². The molecule has 0 saturated carbocycles. The van der Waals surface area contributed by atoms with Gasteiger partial charge in [0.1, 0.15) is 5.69 Å². The Balaban J connectivity index is 1.78. The second-order valence-corrected chi connectivity index (χ2v) is 6.21. The van der Waals surface area contributed by atoms with Crippen LogP contribution < -0.4 is 0 Å². The van der Waals surface area contributed by atoms with Gasteiger partial charge in [0.05, 0.1) is 12.8 Å². The summed E-state index contributed by atoms with van der Waals surface area (Å²) in [4.78, 5) is 24.7. The van der Waals surface area contributed by atoms with Gasteiger partial charge in [0.15, 0.2) is 0 Å². The van der Waals surface area contributed by atoms with Gasteiger partial charge in [-0.1, -0.05) is 0 Å². The normalized spacial score (nSPS) is 30.0. The molecule has 0 aromatic carbocycles. The average Bonchev–Trinajstić information content (AvgIpc) is 2.55. The Kier molecular flexibility index (Phi) is 3.91. The minimum Gasteiger partial charge on any atom is -0.396 e. The van der Waals surface area contributed by atoms with Gasteiger partial charge in [-0.05, 0) is 32.9 Å². The van der Waals surface area contributed by atoms with Crippen molar-refractivity contribution in [2.24, 2.45) is 5.41 Å². The van der Waals surface area contributed by atoms with E-state index in [1.165, 1.54) is 6.20 Å². The number of hydrogen-bond donors (Lipinski definition) is 1. The lowest BCUT2D eigenvalue weighted by Crippen LogP contribution is -2.62. The number of rotatable bonds is 2. The van der Waals surface area contributed by atoms with Gasteiger partial charge in [0.2, 0.25) is 0 Å². The first-order chi connectivity index (χ1) is 10.2. The summed E-state index contributed by atoms with van der Waals surface area (Å²) in [6.45, 7) is 2.57. The standard InChI is InChI=1S/C15H22N4O2/c1-18-7-2-3-15(11-20)4-8-19(10-13(15)18)14(21)12-9-16-5-6-17-12/h5-6,9,13,20H,2-4,7-8,10-11H2,1H3/t13-,15-/m1/s1. The van der Waals surface area contributed by atoms with Crippen LogP contribution >= 0.6 is 0 Å². The molecular weight excluding hydrogens is 268 g/mol. The Morgan fingerprint density at radius 3 is 3.00 bits per heavy atom. The molecule has 114 valence electrons. The second kappa shape index (κ2) is 5.69. The van der Waals surface area contributed by atoms with Crippen LogP contribution in [0.1, 0.15) is 29.8 Å². The summed E-state index contributed by atoms with van der Waals surface area (Å²) in [7, 11) is 2.09. The predicted octanol–water partition coefficient (Wildman–Crippen LogP) is 0.395. The van der Waals surface area contributed by atoms with Crippen molar-refractivity contribution in [3.05, 3.63) is 24.3 Å². The molecule has 3 rings (SSSR count). The van der Waals surface area contributed by atoms with E-state index in [9.17, 15) is 9.90 Å². The van der Waals surface area contributed by atoms with Crippen LogP contribution in [-0.2, 0) is 0 Å². The van der Waals surface area contributed by atoms with Crippen molar-refractivity contribution in [3.8, 4) is 0 Å². The van der Waals surface area contributed by atoms with Gasteiger partial charge in [0, 0.05) is 36.9 Å². The lowest BCUT2D eigenvalue weighted by atomic mass is 9.69. The fourth-order valence-corrected chi connectivity index (χ4v) is 3.77. The van der Waals surface area contributed by atoms with Gasteiger partial charge >= 0.3 is 0 Å². The first-order valence-electron chi connectivity index (χ1n) is 7.53. The summed E-state index contributed by atoms with van der Waals surface area (Å²) in [6.07, 6.45) is 7.64. The maximum Gasteiger partial charge on any atom is 0.274 e. The van der Waals surface area contributed by atoms with Crippen molar-refractivity contribution >= 4 is 5.91 Å². The molecule has 0 radical (unpaired) electrons. The Bertz CT molecular complexity index is 510. The van der Waals surface area contributed by atoms with E-state index in [-0.39, 0.29) is 24.0 Å². The molecule has 0 unspecified atom stereocenters. The second-order valence-electron chi connectivity index (χ2n) is 6.21. The zero-order valence-corrected chi connectivity index (χ0v) is 12.4. The number of fused-ring (bicyclic) bond motifs is 1. The first kappa shape index (κ1) is 14.4. The molecule has 6 nitrogen and oxygen atoms in total. The number of aliphatic hydroxyl groups excluding tert-OH is 1. The van der Waals surface area contributed by atoms with Crippen molar-refractivity contribution < 1.29 is 9.90 Å². The lowest BCUT2D eigenvalue weighted by Gasteiger charge is -2.53. The van der Waals surface area contributed by atoms with Crippen molar-refractivity contribution in [1.82, 2.24) is 19.8 Å². The first-order valence-corrected chi connectivity index (χ1v) is 7.53. The van der Waals surface area contributed by atoms with E-state index in [0.29, 0.717) is 18.8 Å². The number of likely N-dealkylation sites (N-methyl/N-ethyl adjacent to an activating group) is 1. The van der Waals surface area contributed by atoms with Crippen LogP contribution in [0.15, 0.2) is 18.6 Å². The third kappa shape index (κ3) is 2.53. The molecule has 0 aliphatic carbocycles. The summed E-state index contributed by atoms with van der Waals surface area (Å²) in [6, 6.07) is 0.227. The Labute approximate surface area is 124 Å². The summed E-state index contributed by atoms with van der Waals surface area (Å²) in [5.74, 6) is -0.0615. The summed E-state index contributed by atoms with van der Waals surface area (Å²) in [5, 5.41) is 9.88. The maximum absolute atomic E-state index is 12.5. The highest BCUT2D eigenvalue weighted by Gasteiger charge is 2.47. The number of carbonyl (C=O) groups excluding carboxylic acids is 1. The van der Waals surface area contributed by atoms with Gasteiger partial charge in [0.25, 0.3) is 5.91 Å². The van der Waals surface area contributed by atoms with Gasteiger partial charge in [-0.3, -0.25) is 9.78 Å². The summed E-state index contributed by atoms with van der Waals surface area (Å²) in [5.41, 5.74) is 0.346. The van der Waals surface area contributed by atoms with Crippen molar-refractivity contribution in [2.75, 3.05) is 33.3 Å². The number of hydrogen-bond acceptors (Lipinski definition) is 5. The molecule has 2 atom stereocenters. The molecule has 1 aromatic heterocycles. The molecule has 1 amide bonds. The molecule has 1 N–H and O–H groups in total. The van der Waals surface area contributed by atoms with E-state index in [1.807, 2.05) is 4.90 Å². The third-order valence-corrected chi connectivity index (χ3v) is 5.08. The van der Waals surface area contributed by atoms with Gasteiger partial charge in [-0.25, -0.2) is 4.98 Å². The molecule has 2 fully saturated rings. The minimum atomic E-state index is -0.0615. The molecule has 2 aliphatic rings. The molecule has 3 heterocycles. The van der Waals surface area contributed by atoms with Crippen molar-refractivity contribution in [2.45, 2.75) is 25.3 Å². The van der Waals surface area contributed by atoms with Gasteiger partial charge < -0.3 is 14.9 Å². The highest BCUT2D eigenvalue weighted by atomic mass is 16.3. The molecule has 0 spiro atoms.